The molecular weight excluding hydrogens is 1870 g/mol. The minimum Gasteiger partial charge on any atom is -0.543 e. The molecule has 3 saturated heterocycles. The first-order valence-electron chi connectivity index (χ1n) is 42.1. The van der Waals surface area contributed by atoms with Gasteiger partial charge in [-0.2, -0.15) is 0 Å². The first-order chi connectivity index (χ1) is 64.2. The number of nitrogens with one attached hydrogen (secondary N) is 9. The maximum Gasteiger partial charge on any atom is 0.276 e. The van der Waals surface area contributed by atoms with Crippen LogP contribution in [0.1, 0.15) is 117 Å². The lowest BCUT2D eigenvalue weighted by molar-refractivity contribution is -0.689. The number of hydrogen-bond acceptors (Lipinski definition) is 34. The van der Waals surface area contributed by atoms with E-state index in [-0.39, 0.29) is 70.1 Å². The summed E-state index contributed by atoms with van der Waals surface area (Å²) in [4.78, 5) is 173. The average Bonchev–Trinajstić information content (AvgIpc) is 0.997. The number of carbonyl (C=O) groups is 11. The minimum absolute atomic E-state index is 0.0330. The third kappa shape index (κ3) is 21.4. The molecule has 16 rings (SSSR count). The standard InChI is InChI=1S/C87H94Cl3N15O28S2/c1-34(2)20-46(93-5)74(116)100-63-67(112)37-11-14-51(44(88)22-37)129-53-24-39-25-54(71(53)132-86-72(70(115)69(114)55(31-106)131-86)133-85-50(110)29-87(4,92)35(3)128-85)130-52-15-12-38(23-45(52)89)68(113)64-81(123)99-60(43-26-41(107)27-49(109)57(43)42-21-36(10-13-48(42)108)58(77(119)101-64)98-78(120)59(39)97-75(117)47(28-56(91)111)96-80(63)122)76(118)94-16-9-19-127-103-62(61-73(90)135-33-95-61)79(121)102-65-82(124)105-66(84(125)126)40(32-134-83(65)105)30-104-17-7-6-8-18-104/h6-8,10-15,17-18,21-27,33-35,46-47,50,55,58-60,63-65,67-70,72,83,85-86,93,106,110,112-115H,9,16,19-20,28-32,92H2,1-5H3,(H13-,91,94,96,97,98,99,100,101,102,103,107,108,109,111,116,117,118,119,120,121,122,123,125,126)/t35-,46+,47-,50+,55+,58+,59+,60-,63+,64-,65+,67+,68+,69+,70-,72+,83+,85+,86-,87-/m0/s1. The largest absolute Gasteiger partial charge is 0.543 e. The van der Waals surface area contributed by atoms with Gasteiger partial charge in [-0.05, 0) is 122 Å². The molecule has 135 heavy (non-hydrogen) atoms. The molecule has 9 aliphatic rings. The third-order valence-electron chi connectivity index (χ3n) is 23.4. The number of aromatic nitrogens is 2. The van der Waals surface area contributed by atoms with Gasteiger partial charge in [-0.1, -0.05) is 78.1 Å². The summed E-state index contributed by atoms with van der Waals surface area (Å²) in [7, 11) is 1.46. The maximum absolute atomic E-state index is 16.4. The smallest absolute Gasteiger partial charge is 0.276 e. The van der Waals surface area contributed by atoms with Crippen LogP contribution in [-0.4, -0.2) is 249 Å². The van der Waals surface area contributed by atoms with E-state index in [1.165, 1.54) is 36.5 Å². The molecule has 11 heterocycles. The van der Waals surface area contributed by atoms with Crippen LogP contribution < -0.4 is 83.2 Å². The highest BCUT2D eigenvalue weighted by molar-refractivity contribution is 8.00. The predicted octanol–water partition coefficient (Wildman–Crippen LogP) is -0.550. The molecule has 0 aliphatic carbocycles. The second-order valence-electron chi connectivity index (χ2n) is 33.4. The zero-order valence-corrected chi connectivity index (χ0v) is 76.0. The maximum atomic E-state index is 16.4. The predicted molar refractivity (Wildman–Crippen MR) is 473 cm³/mol. The molecular formula is C87H94Cl3N15O28S2. The summed E-state index contributed by atoms with van der Waals surface area (Å²) in [6.07, 6.45) is -16.3. The van der Waals surface area contributed by atoms with E-state index in [4.69, 9.17) is 79.5 Å². The van der Waals surface area contributed by atoms with Gasteiger partial charge in [0.05, 0.1) is 52.4 Å². The van der Waals surface area contributed by atoms with E-state index in [1.807, 2.05) is 0 Å². The van der Waals surface area contributed by atoms with Crippen molar-refractivity contribution in [3.8, 4) is 57.1 Å². The molecule has 2 aromatic heterocycles. The van der Waals surface area contributed by atoms with Crippen LogP contribution in [-0.2, 0) is 78.3 Å². The summed E-state index contributed by atoms with van der Waals surface area (Å²) in [6, 6.07) is 3.00. The molecule has 43 nitrogen and oxygen atoms in total. The minimum atomic E-state index is -2.41. The van der Waals surface area contributed by atoms with Crippen molar-refractivity contribution in [2.75, 3.05) is 32.6 Å². The number of β-lactam (4-membered cyclic amide) rings is 1. The number of oxime groups is 1. The number of aliphatic hydroxyl groups is 6. The molecule has 718 valence electrons. The number of hydrogen-bond donors (Lipinski definition) is 20. The van der Waals surface area contributed by atoms with Crippen LogP contribution in [0.2, 0.25) is 14.4 Å². The molecule has 0 radical (unpaired) electrons. The zero-order valence-electron chi connectivity index (χ0n) is 72.1. The Bertz CT molecular complexity index is 5860. The van der Waals surface area contributed by atoms with Crippen LogP contribution in [0, 0.1) is 5.92 Å². The number of thiazole rings is 1. The Morgan fingerprint density at radius 1 is 0.756 bits per heavy atom. The number of carbonyl (C=O) groups excluding carboxylic acids is 11. The van der Waals surface area contributed by atoms with Crippen molar-refractivity contribution >= 4 is 129 Å². The molecule has 20 atom stereocenters. The van der Waals surface area contributed by atoms with Gasteiger partial charge in [0.2, 0.25) is 59.3 Å². The number of likely N-dealkylation sites (N-methyl/N-ethyl adjacent to an activating group) is 1. The SMILES string of the molecule is CN[C@H](CC(C)C)C(=O)N[C@H]1C(=O)N[C@@H](CC(N)=O)C(=O)N[C@H]2C(=O)N[C@H]3C(=O)N[C@H](C(=O)N[C@H](C(=O)NCCCO/N=C(\C(=O)N[C@@H]4C(=O)N5C(C(=O)[O-])=C(C[n+]6ccccc6)CS[C@H]45)c4ncsc4Cl)c4cc(O)cc(O)c4-c4cc3ccc4O)[C@H](O)c3ccc(c(Cl)c3)Oc3cc2cc(c3O[C@@H]2O[C@H](CO)[C@@H](O)[C@H](O)[C@H]2O[C@H]2O[C@@H](C)[C@@](C)(N)C[C@H]2O)Oc2ccc(cc2Cl)[C@H]1O. The van der Waals surface area contributed by atoms with Crippen molar-refractivity contribution < 1.29 is 142 Å². The number of amides is 10. The van der Waals surface area contributed by atoms with Crippen molar-refractivity contribution in [1.29, 1.82) is 0 Å². The number of fused-ring (bicyclic) bond motifs is 16. The Morgan fingerprint density at radius 2 is 1.41 bits per heavy atom. The molecule has 0 spiro atoms. The van der Waals surface area contributed by atoms with Crippen molar-refractivity contribution in [3.05, 3.63) is 174 Å². The number of primary amides is 1. The number of phenols is 3. The van der Waals surface area contributed by atoms with E-state index in [0.717, 1.165) is 83.0 Å². The highest BCUT2D eigenvalue weighted by Crippen LogP contribution is 2.51. The summed E-state index contributed by atoms with van der Waals surface area (Å²) < 4.78 is 40.3. The Hall–Kier alpha value is -12.2. The van der Waals surface area contributed by atoms with Gasteiger partial charge in [0.25, 0.3) is 11.8 Å². The number of aliphatic hydroxyl groups excluding tert-OH is 6. The molecule has 48 heteroatoms. The van der Waals surface area contributed by atoms with Crippen LogP contribution in [0.4, 0.5) is 0 Å². The molecule has 0 saturated carbocycles. The second-order valence-corrected chi connectivity index (χ2v) is 36.8. The van der Waals surface area contributed by atoms with Crippen LogP contribution in [0.3, 0.4) is 0 Å². The van der Waals surface area contributed by atoms with Crippen molar-refractivity contribution in [1.82, 2.24) is 57.7 Å². The number of halogens is 3. The number of aliphatic carboxylic acids is 1. The Kier molecular flexibility index (Phi) is 30.4. The van der Waals surface area contributed by atoms with Gasteiger partial charge in [0.1, 0.15) is 130 Å². The summed E-state index contributed by atoms with van der Waals surface area (Å²) >= 11 is 22.9. The molecule has 3 fully saturated rings. The fourth-order valence-corrected chi connectivity index (χ4v) is 18.8. The molecule has 5 aromatic carbocycles. The normalized spacial score (nSPS) is 27.2. The lowest BCUT2D eigenvalue weighted by Gasteiger charge is -2.50. The van der Waals surface area contributed by atoms with Crippen molar-refractivity contribution in [3.63, 3.8) is 0 Å². The molecule has 22 N–H and O–H groups in total. The van der Waals surface area contributed by atoms with Crippen LogP contribution in [0.25, 0.3) is 11.1 Å². The zero-order chi connectivity index (χ0) is 97.2. The summed E-state index contributed by atoms with van der Waals surface area (Å²) in [5.74, 6) is -19.1. The molecule has 9 aliphatic heterocycles. The average molecular weight is 1970 g/mol. The topological polar surface area (TPSA) is 650 Å². The van der Waals surface area contributed by atoms with E-state index >= 15 is 28.8 Å². The first kappa shape index (κ1) is 98.8. The number of benzene rings is 5. The van der Waals surface area contributed by atoms with Crippen molar-refractivity contribution in [2.45, 2.75) is 181 Å². The number of pyridine rings is 1. The second kappa shape index (κ2) is 41.6. The quantitative estimate of drug-likeness (QED) is 0.0119. The number of carboxylic acids is 1. The van der Waals surface area contributed by atoms with E-state index < -0.39 is 296 Å². The molecule has 0 unspecified atom stereocenters. The van der Waals surface area contributed by atoms with Gasteiger partial charge in [-0.15, -0.1) is 23.1 Å². The number of rotatable bonds is 24. The van der Waals surface area contributed by atoms with Crippen LogP contribution >= 0.6 is 57.9 Å². The number of nitrogens with zero attached hydrogens (tertiary/aromatic N) is 4. The van der Waals surface area contributed by atoms with E-state index in [9.17, 15) is 75.0 Å². The van der Waals surface area contributed by atoms with Gasteiger partial charge >= 0.3 is 0 Å². The van der Waals surface area contributed by atoms with Gasteiger partial charge in [0.15, 0.2) is 48.5 Å². The number of thioether (sulfide) groups is 1. The molecule has 11 bridgehead atoms. The van der Waals surface area contributed by atoms with Gasteiger partial charge in [-0.3, -0.25) is 52.8 Å². The van der Waals surface area contributed by atoms with Crippen molar-refractivity contribution in [2.24, 2.45) is 22.5 Å². The van der Waals surface area contributed by atoms with Gasteiger partial charge < -0.3 is 148 Å². The number of phenolic OH excluding ortho intramolecular Hbond substituents is 3. The monoisotopic (exact) mass is 1970 g/mol. The Labute approximate surface area is 790 Å². The Balaban J connectivity index is 0.847. The fraction of sp³-hybridized carbons (Fsp3) is 0.402. The lowest BCUT2D eigenvalue weighted by Crippen LogP contribution is -2.71. The van der Waals surface area contributed by atoms with E-state index in [2.05, 4.69) is 58.0 Å². The van der Waals surface area contributed by atoms with Gasteiger partial charge in [0, 0.05) is 59.2 Å². The number of carboxylic acid groups (broad SMARTS) is 1. The number of nitrogens with two attached hydrogens (primary N) is 2. The van der Waals surface area contributed by atoms with E-state index in [0.29, 0.717) is 5.57 Å². The van der Waals surface area contributed by atoms with Crippen LogP contribution in [0.5, 0.6) is 46.0 Å². The van der Waals surface area contributed by atoms with Crippen LogP contribution in [0.15, 0.2) is 131 Å². The fourth-order valence-electron chi connectivity index (χ4n) is 16.2. The number of aromatic hydroxyl groups is 3. The molecule has 7 aromatic rings. The third-order valence-corrected chi connectivity index (χ3v) is 26.4. The first-order valence-corrected chi connectivity index (χ1v) is 45.2. The van der Waals surface area contributed by atoms with E-state index in [1.54, 1.807) is 62.9 Å². The highest BCUT2D eigenvalue weighted by Gasteiger charge is 2.55. The van der Waals surface area contributed by atoms with Gasteiger partial charge in [-0.25, -0.2) is 9.55 Å². The number of ether oxygens (including phenoxy) is 6. The highest BCUT2D eigenvalue weighted by atomic mass is 35.5. The summed E-state index contributed by atoms with van der Waals surface area (Å²) in [5, 5.41) is 144. The summed E-state index contributed by atoms with van der Waals surface area (Å²) in [6.45, 7) is 5.04. The summed E-state index contributed by atoms with van der Waals surface area (Å²) in [5.41, 5.74) is 8.80. The Morgan fingerprint density at radius 3 is 2.05 bits per heavy atom. The lowest BCUT2D eigenvalue weighted by atomic mass is 9.87. The molecule has 10 amide bonds.